The Labute approximate surface area is 223 Å². The first-order valence-corrected chi connectivity index (χ1v) is 14.2. The number of hydrogen-bond acceptors (Lipinski definition) is 5. The first kappa shape index (κ1) is 24.2. The molecule has 6 rings (SSSR count). The van der Waals surface area contributed by atoms with Gasteiger partial charge in [-0.1, -0.05) is 44.2 Å². The number of amides is 1. The first-order chi connectivity index (χ1) is 18.0. The fourth-order valence-electron chi connectivity index (χ4n) is 5.84. The van der Waals surface area contributed by atoms with Gasteiger partial charge in [0.25, 0.3) is 5.91 Å². The third-order valence-electron chi connectivity index (χ3n) is 7.71. The summed E-state index contributed by atoms with van der Waals surface area (Å²) < 4.78 is 17.2. The number of benzene rings is 3. The average molecular weight is 516 g/mol. The minimum absolute atomic E-state index is 0.107. The summed E-state index contributed by atoms with van der Waals surface area (Å²) >= 11 is 1.86. The summed E-state index contributed by atoms with van der Waals surface area (Å²) in [6.07, 6.45) is 3.92. The molecule has 6 heteroatoms. The number of carbonyl (C=O) groups is 1. The molecule has 1 amide bonds. The van der Waals surface area contributed by atoms with Crippen molar-refractivity contribution in [2.75, 3.05) is 6.79 Å². The van der Waals surface area contributed by atoms with E-state index in [-0.39, 0.29) is 30.9 Å². The van der Waals surface area contributed by atoms with E-state index in [0.717, 1.165) is 54.2 Å². The molecule has 0 saturated carbocycles. The lowest BCUT2D eigenvalue weighted by Crippen LogP contribution is -2.49. The lowest BCUT2D eigenvalue weighted by Gasteiger charge is -2.39. The molecule has 0 N–H and O–H groups in total. The highest BCUT2D eigenvalue weighted by molar-refractivity contribution is 7.98. The van der Waals surface area contributed by atoms with Gasteiger partial charge in [-0.15, -0.1) is 11.8 Å². The fraction of sp³-hybridized carbons (Fsp3) is 0.387. The highest BCUT2D eigenvalue weighted by Crippen LogP contribution is 2.40. The Kier molecular flexibility index (Phi) is 6.76. The van der Waals surface area contributed by atoms with E-state index in [0.29, 0.717) is 5.92 Å². The predicted octanol–water partition coefficient (Wildman–Crippen LogP) is 7.05. The lowest BCUT2D eigenvalue weighted by atomic mass is 9.98. The Bertz CT molecular complexity index is 1260. The molecule has 0 aliphatic carbocycles. The van der Waals surface area contributed by atoms with Gasteiger partial charge in [0.05, 0.1) is 0 Å². The maximum atomic E-state index is 13.5. The van der Waals surface area contributed by atoms with Crippen molar-refractivity contribution in [1.82, 2.24) is 4.90 Å². The molecule has 0 radical (unpaired) electrons. The van der Waals surface area contributed by atoms with Crippen LogP contribution in [0.15, 0.2) is 71.6 Å². The number of piperidine rings is 1. The minimum atomic E-state index is 0.107. The molecule has 3 aliphatic rings. The number of carbonyl (C=O) groups excluding carboxylic acids is 1. The molecule has 0 aromatic heterocycles. The van der Waals surface area contributed by atoms with Gasteiger partial charge in [-0.2, -0.15) is 0 Å². The third kappa shape index (κ3) is 5.04. The van der Waals surface area contributed by atoms with Gasteiger partial charge in [-0.3, -0.25) is 4.79 Å². The van der Waals surface area contributed by atoms with E-state index in [1.807, 2.05) is 42.1 Å². The summed E-state index contributed by atoms with van der Waals surface area (Å²) in [5, 5.41) is 0. The summed E-state index contributed by atoms with van der Waals surface area (Å²) in [6, 6.07) is 23.1. The Morgan fingerprint density at radius 1 is 0.973 bits per heavy atom. The van der Waals surface area contributed by atoms with Crippen LogP contribution >= 0.6 is 11.8 Å². The van der Waals surface area contributed by atoms with Gasteiger partial charge in [0, 0.05) is 47.2 Å². The average Bonchev–Trinajstić information content (AvgIpc) is 3.49. The second-order valence-corrected chi connectivity index (χ2v) is 11.5. The normalized spacial score (nSPS) is 21.9. The quantitative estimate of drug-likeness (QED) is 0.316. The zero-order valence-electron chi connectivity index (χ0n) is 21.4. The number of nitrogens with zero attached hydrogens (tertiary/aromatic N) is 1. The van der Waals surface area contributed by atoms with E-state index in [1.54, 1.807) is 0 Å². The standard InChI is InChI=1S/C31H33NO4S/c1-20(2)27-5-3-4-6-30(27)37-18-21-7-9-22(10-8-21)31(33)32-23-11-12-24(32)16-26(15-23)36-25-13-14-28-29(17-25)35-19-34-28/h3-10,13-14,17,20,23-24,26H,11-12,15-16,18-19H2,1-2H3. The fourth-order valence-corrected chi connectivity index (χ4v) is 7.00. The van der Waals surface area contributed by atoms with Crippen LogP contribution in [0.25, 0.3) is 0 Å². The van der Waals surface area contributed by atoms with Crippen molar-refractivity contribution in [3.05, 3.63) is 83.4 Å². The first-order valence-electron chi connectivity index (χ1n) is 13.2. The zero-order chi connectivity index (χ0) is 25.4. The highest BCUT2D eigenvalue weighted by atomic mass is 32.2. The molecule has 2 saturated heterocycles. The van der Waals surface area contributed by atoms with Crippen molar-refractivity contribution < 1.29 is 19.0 Å². The molecule has 2 bridgehead atoms. The maximum Gasteiger partial charge on any atom is 0.254 e. The van der Waals surface area contributed by atoms with Crippen LogP contribution in [0.1, 0.15) is 66.9 Å². The van der Waals surface area contributed by atoms with Gasteiger partial charge < -0.3 is 19.1 Å². The van der Waals surface area contributed by atoms with E-state index in [1.165, 1.54) is 16.0 Å². The lowest BCUT2D eigenvalue weighted by molar-refractivity contribution is 0.0358. The molecular weight excluding hydrogens is 482 g/mol. The van der Waals surface area contributed by atoms with E-state index < -0.39 is 0 Å². The molecule has 5 nitrogen and oxygen atoms in total. The molecule has 2 unspecified atom stereocenters. The SMILES string of the molecule is CC(C)c1ccccc1SCc1ccc(C(=O)N2C3CCC2CC(Oc2ccc4c(c2)OCO4)C3)cc1. The molecular formula is C31H33NO4S. The van der Waals surface area contributed by atoms with Gasteiger partial charge >= 0.3 is 0 Å². The van der Waals surface area contributed by atoms with Gasteiger partial charge in [-0.05, 0) is 60.2 Å². The molecule has 3 aromatic rings. The van der Waals surface area contributed by atoms with Crippen molar-refractivity contribution in [3.63, 3.8) is 0 Å². The van der Waals surface area contributed by atoms with Crippen LogP contribution in [0, 0.1) is 0 Å². The van der Waals surface area contributed by atoms with Gasteiger partial charge in [0.1, 0.15) is 11.9 Å². The summed E-state index contributed by atoms with van der Waals surface area (Å²) in [5.74, 6) is 3.85. The van der Waals surface area contributed by atoms with Crippen LogP contribution in [-0.2, 0) is 5.75 Å². The molecule has 2 atom stereocenters. The second kappa shape index (κ2) is 10.3. The second-order valence-electron chi connectivity index (χ2n) is 10.5. The monoisotopic (exact) mass is 515 g/mol. The Hall–Kier alpha value is -3.12. The number of thioether (sulfide) groups is 1. The molecule has 3 aromatic carbocycles. The van der Waals surface area contributed by atoms with Crippen LogP contribution < -0.4 is 14.2 Å². The number of fused-ring (bicyclic) bond motifs is 3. The van der Waals surface area contributed by atoms with Crippen molar-refractivity contribution in [2.45, 2.75) is 74.3 Å². The number of hydrogen-bond donors (Lipinski definition) is 0. The van der Waals surface area contributed by atoms with Crippen LogP contribution in [0.5, 0.6) is 17.2 Å². The van der Waals surface area contributed by atoms with Gasteiger partial charge in [0.2, 0.25) is 6.79 Å². The summed E-state index contributed by atoms with van der Waals surface area (Å²) in [6.45, 7) is 4.73. The Morgan fingerprint density at radius 2 is 1.70 bits per heavy atom. The Morgan fingerprint density at radius 3 is 2.46 bits per heavy atom. The molecule has 37 heavy (non-hydrogen) atoms. The van der Waals surface area contributed by atoms with Crippen molar-refractivity contribution in [2.24, 2.45) is 0 Å². The Balaban J connectivity index is 1.07. The van der Waals surface area contributed by atoms with E-state index in [4.69, 9.17) is 14.2 Å². The molecule has 0 spiro atoms. The molecule has 3 heterocycles. The van der Waals surface area contributed by atoms with Gasteiger partial charge in [0.15, 0.2) is 11.5 Å². The summed E-state index contributed by atoms with van der Waals surface area (Å²) in [5.41, 5.74) is 3.41. The zero-order valence-corrected chi connectivity index (χ0v) is 22.2. The number of ether oxygens (including phenoxy) is 3. The predicted molar refractivity (Wildman–Crippen MR) is 146 cm³/mol. The van der Waals surface area contributed by atoms with Crippen molar-refractivity contribution >= 4 is 17.7 Å². The van der Waals surface area contributed by atoms with Crippen molar-refractivity contribution in [3.8, 4) is 17.2 Å². The van der Waals surface area contributed by atoms with Crippen LogP contribution in [-0.4, -0.2) is 35.8 Å². The smallest absolute Gasteiger partial charge is 0.254 e. The third-order valence-corrected chi connectivity index (χ3v) is 8.87. The van der Waals surface area contributed by atoms with Crippen LogP contribution in [0.4, 0.5) is 0 Å². The van der Waals surface area contributed by atoms with E-state index in [2.05, 4.69) is 55.1 Å². The van der Waals surface area contributed by atoms with Crippen molar-refractivity contribution in [1.29, 1.82) is 0 Å². The van der Waals surface area contributed by atoms with Crippen LogP contribution in [0.2, 0.25) is 0 Å². The topological polar surface area (TPSA) is 48.0 Å². The largest absolute Gasteiger partial charge is 0.490 e. The summed E-state index contributed by atoms with van der Waals surface area (Å²) in [7, 11) is 0. The molecule has 3 aliphatic heterocycles. The molecule has 192 valence electrons. The highest BCUT2D eigenvalue weighted by Gasteiger charge is 2.44. The van der Waals surface area contributed by atoms with Crippen LogP contribution in [0.3, 0.4) is 0 Å². The van der Waals surface area contributed by atoms with E-state index in [9.17, 15) is 4.79 Å². The maximum absolute atomic E-state index is 13.5. The summed E-state index contributed by atoms with van der Waals surface area (Å²) in [4.78, 5) is 17.0. The number of rotatable bonds is 7. The minimum Gasteiger partial charge on any atom is -0.490 e. The van der Waals surface area contributed by atoms with Gasteiger partial charge in [-0.25, -0.2) is 0 Å². The van der Waals surface area contributed by atoms with E-state index >= 15 is 0 Å². The molecule has 2 fully saturated rings.